The fraction of sp³-hybridized carbons (Fsp3) is 0.538. The van der Waals surface area contributed by atoms with Crippen molar-refractivity contribution in [1.29, 1.82) is 0 Å². The summed E-state index contributed by atoms with van der Waals surface area (Å²) in [5.74, 6) is -0.616. The Morgan fingerprint density at radius 2 is 1.72 bits per heavy atom. The summed E-state index contributed by atoms with van der Waals surface area (Å²) in [6, 6.07) is 2.69. The normalized spacial score (nSPS) is 18.0. The number of piperidine rings is 1. The zero-order chi connectivity index (χ0) is 13.2. The van der Waals surface area contributed by atoms with Gasteiger partial charge in [0.05, 0.1) is 5.56 Å². The molecule has 0 amide bonds. The zero-order valence-electron chi connectivity index (χ0n) is 9.93. The minimum absolute atomic E-state index is 0.0319. The lowest BCUT2D eigenvalue weighted by Crippen LogP contribution is -2.30. The van der Waals surface area contributed by atoms with E-state index in [1.54, 1.807) is 0 Å². The van der Waals surface area contributed by atoms with Gasteiger partial charge >= 0.3 is 6.18 Å². The van der Waals surface area contributed by atoms with Gasteiger partial charge in [-0.05, 0) is 49.7 Å². The van der Waals surface area contributed by atoms with Crippen molar-refractivity contribution < 1.29 is 17.6 Å². The number of halogens is 4. The van der Waals surface area contributed by atoms with Gasteiger partial charge in [0.2, 0.25) is 0 Å². The van der Waals surface area contributed by atoms with Crippen LogP contribution in [0, 0.1) is 5.82 Å². The van der Waals surface area contributed by atoms with Crippen LogP contribution in [0.25, 0.3) is 0 Å². The molecule has 1 saturated heterocycles. The number of alkyl halides is 3. The van der Waals surface area contributed by atoms with Crippen LogP contribution in [0.4, 0.5) is 17.6 Å². The van der Waals surface area contributed by atoms with Gasteiger partial charge in [0.25, 0.3) is 0 Å². The topological polar surface area (TPSA) is 3.24 Å². The summed E-state index contributed by atoms with van der Waals surface area (Å²) in [4.78, 5) is 1.95. The lowest BCUT2D eigenvalue weighted by Gasteiger charge is -2.27. The molecule has 1 nitrogen and oxygen atoms in total. The van der Waals surface area contributed by atoms with Crippen molar-refractivity contribution in [1.82, 2.24) is 4.90 Å². The van der Waals surface area contributed by atoms with Crippen LogP contribution in [0.5, 0.6) is 0 Å². The molecule has 0 saturated carbocycles. The van der Waals surface area contributed by atoms with Crippen LogP contribution in [0.2, 0.25) is 0 Å². The molecule has 1 aromatic rings. The molecule has 0 atom stereocenters. The lowest BCUT2D eigenvalue weighted by molar-refractivity contribution is -0.138. The first-order valence-corrected chi connectivity index (χ1v) is 6.05. The first-order valence-electron chi connectivity index (χ1n) is 6.05. The van der Waals surface area contributed by atoms with Gasteiger partial charge in [0, 0.05) is 6.54 Å². The largest absolute Gasteiger partial charge is 0.416 e. The fourth-order valence-corrected chi connectivity index (χ4v) is 2.33. The first kappa shape index (κ1) is 13.3. The molecule has 1 heterocycles. The average molecular weight is 261 g/mol. The van der Waals surface area contributed by atoms with Crippen LogP contribution in [-0.2, 0) is 12.7 Å². The first-order chi connectivity index (χ1) is 8.47. The van der Waals surface area contributed by atoms with Crippen LogP contribution < -0.4 is 0 Å². The predicted molar refractivity (Wildman–Crippen MR) is 60.5 cm³/mol. The maximum atomic E-state index is 13.1. The Balaban J connectivity index is 2.21. The van der Waals surface area contributed by atoms with Gasteiger partial charge in [-0.1, -0.05) is 6.42 Å². The molecule has 2 rings (SSSR count). The van der Waals surface area contributed by atoms with E-state index < -0.39 is 17.6 Å². The Morgan fingerprint density at radius 3 is 2.33 bits per heavy atom. The molecule has 0 N–H and O–H groups in total. The van der Waals surface area contributed by atoms with Gasteiger partial charge in [-0.15, -0.1) is 0 Å². The minimum atomic E-state index is -4.42. The highest BCUT2D eigenvalue weighted by Gasteiger charge is 2.33. The van der Waals surface area contributed by atoms with Crippen molar-refractivity contribution in [3.63, 3.8) is 0 Å². The summed E-state index contributed by atoms with van der Waals surface area (Å²) < 4.78 is 51.5. The molecular weight excluding hydrogens is 246 g/mol. The summed E-state index contributed by atoms with van der Waals surface area (Å²) >= 11 is 0. The van der Waals surface area contributed by atoms with E-state index in [1.165, 1.54) is 0 Å². The highest BCUT2D eigenvalue weighted by Crippen LogP contribution is 2.33. The summed E-state index contributed by atoms with van der Waals surface area (Å²) in [7, 11) is 0. The van der Waals surface area contributed by atoms with E-state index in [0.29, 0.717) is 0 Å². The molecule has 0 aliphatic carbocycles. The Bertz CT molecular complexity index is 408. The van der Waals surface area contributed by atoms with E-state index >= 15 is 0 Å². The number of benzene rings is 1. The number of likely N-dealkylation sites (tertiary alicyclic amines) is 1. The van der Waals surface area contributed by atoms with Gasteiger partial charge in [-0.2, -0.15) is 13.2 Å². The van der Waals surface area contributed by atoms with E-state index in [9.17, 15) is 17.6 Å². The van der Waals surface area contributed by atoms with Crippen molar-refractivity contribution in [2.75, 3.05) is 13.1 Å². The van der Waals surface area contributed by atoms with Crippen molar-refractivity contribution in [2.45, 2.75) is 32.0 Å². The third-order valence-electron chi connectivity index (χ3n) is 3.22. The van der Waals surface area contributed by atoms with Crippen molar-refractivity contribution >= 4 is 0 Å². The SMILES string of the molecule is Fc1ccc(C(F)(F)F)c(CN2CCCCC2)c1. The van der Waals surface area contributed by atoms with Crippen LogP contribution in [0.15, 0.2) is 18.2 Å². The molecule has 1 aliphatic heterocycles. The summed E-state index contributed by atoms with van der Waals surface area (Å²) in [5, 5.41) is 0. The highest BCUT2D eigenvalue weighted by atomic mass is 19.4. The molecule has 1 aromatic carbocycles. The predicted octanol–water partition coefficient (Wildman–Crippen LogP) is 3.83. The maximum Gasteiger partial charge on any atom is 0.416 e. The summed E-state index contributed by atoms with van der Waals surface area (Å²) in [6.45, 7) is 1.74. The molecule has 1 fully saturated rings. The van der Waals surface area contributed by atoms with E-state index in [0.717, 1.165) is 50.6 Å². The van der Waals surface area contributed by atoms with E-state index in [4.69, 9.17) is 0 Å². The second-order valence-electron chi connectivity index (χ2n) is 4.64. The van der Waals surface area contributed by atoms with Gasteiger partial charge in [0.15, 0.2) is 0 Å². The highest BCUT2D eigenvalue weighted by molar-refractivity contribution is 5.30. The van der Waals surface area contributed by atoms with Crippen LogP contribution in [0.3, 0.4) is 0 Å². The molecule has 0 unspecified atom stereocenters. The molecule has 5 heteroatoms. The summed E-state index contributed by atoms with van der Waals surface area (Å²) in [6.07, 6.45) is -1.31. The monoisotopic (exact) mass is 261 g/mol. The molecule has 1 aliphatic rings. The smallest absolute Gasteiger partial charge is 0.299 e. The molecular formula is C13H15F4N. The Kier molecular flexibility index (Phi) is 3.90. The van der Waals surface area contributed by atoms with Crippen LogP contribution in [0.1, 0.15) is 30.4 Å². The fourth-order valence-electron chi connectivity index (χ4n) is 2.33. The van der Waals surface area contributed by atoms with Gasteiger partial charge < -0.3 is 0 Å². The van der Waals surface area contributed by atoms with Crippen molar-refractivity contribution in [2.24, 2.45) is 0 Å². The second-order valence-corrected chi connectivity index (χ2v) is 4.64. The number of rotatable bonds is 2. The second kappa shape index (κ2) is 5.26. The van der Waals surface area contributed by atoms with E-state index in [1.807, 2.05) is 4.90 Å². The van der Waals surface area contributed by atoms with Crippen LogP contribution in [-0.4, -0.2) is 18.0 Å². The molecule has 0 spiro atoms. The maximum absolute atomic E-state index is 13.1. The Labute approximate surface area is 103 Å². The molecule has 18 heavy (non-hydrogen) atoms. The number of nitrogens with zero attached hydrogens (tertiary/aromatic N) is 1. The third kappa shape index (κ3) is 3.22. The average Bonchev–Trinajstić information content (AvgIpc) is 2.28. The number of hydrogen-bond donors (Lipinski definition) is 0. The van der Waals surface area contributed by atoms with Gasteiger partial charge in [-0.3, -0.25) is 4.90 Å². The zero-order valence-corrected chi connectivity index (χ0v) is 9.93. The van der Waals surface area contributed by atoms with Gasteiger partial charge in [0.1, 0.15) is 5.82 Å². The quantitative estimate of drug-likeness (QED) is 0.731. The molecule has 0 bridgehead atoms. The minimum Gasteiger partial charge on any atom is -0.299 e. The lowest BCUT2D eigenvalue weighted by atomic mass is 10.0. The molecule has 0 radical (unpaired) electrons. The van der Waals surface area contributed by atoms with Crippen LogP contribution >= 0.6 is 0 Å². The Morgan fingerprint density at radius 1 is 1.06 bits per heavy atom. The van der Waals surface area contributed by atoms with E-state index in [-0.39, 0.29) is 12.1 Å². The van der Waals surface area contributed by atoms with E-state index in [2.05, 4.69) is 0 Å². The standard InChI is InChI=1S/C13H15F4N/c14-11-4-5-12(13(15,16)17)10(8-11)9-18-6-2-1-3-7-18/h4-5,8H,1-3,6-7,9H2. The van der Waals surface area contributed by atoms with Gasteiger partial charge in [-0.25, -0.2) is 4.39 Å². The third-order valence-corrected chi connectivity index (χ3v) is 3.22. The molecule has 100 valence electrons. The summed E-state index contributed by atoms with van der Waals surface area (Å²) in [5.41, 5.74) is -0.695. The van der Waals surface area contributed by atoms with Crippen molar-refractivity contribution in [3.8, 4) is 0 Å². The Hall–Kier alpha value is -1.10. The molecule has 0 aromatic heterocycles. The number of hydrogen-bond acceptors (Lipinski definition) is 1. The van der Waals surface area contributed by atoms with Crippen molar-refractivity contribution in [3.05, 3.63) is 35.1 Å².